The van der Waals surface area contributed by atoms with Crippen molar-refractivity contribution in [1.82, 2.24) is 9.88 Å². The lowest BCUT2D eigenvalue weighted by Gasteiger charge is -2.20. The molecule has 0 saturated carbocycles. The van der Waals surface area contributed by atoms with E-state index in [1.54, 1.807) is 0 Å². The van der Waals surface area contributed by atoms with Gasteiger partial charge in [0.2, 0.25) is 0 Å². The van der Waals surface area contributed by atoms with Crippen LogP contribution in [-0.2, 0) is 12.8 Å². The van der Waals surface area contributed by atoms with E-state index in [2.05, 4.69) is 29.2 Å². The van der Waals surface area contributed by atoms with Crippen LogP contribution in [0.5, 0.6) is 0 Å². The van der Waals surface area contributed by atoms with E-state index in [9.17, 15) is 4.79 Å². The van der Waals surface area contributed by atoms with Crippen LogP contribution in [0.4, 0.5) is 0 Å². The lowest BCUT2D eigenvalue weighted by molar-refractivity contribution is 0.0763. The summed E-state index contributed by atoms with van der Waals surface area (Å²) in [4.78, 5) is 18.5. The third-order valence-electron chi connectivity index (χ3n) is 5.75. The molecule has 0 atom stereocenters. The van der Waals surface area contributed by atoms with Crippen LogP contribution in [0.25, 0.3) is 22.0 Å². The number of H-pyrrole nitrogens is 1. The molecule has 1 amide bonds. The number of nitrogens with one attached hydrogen (secondary N) is 1. The molecule has 0 radical (unpaired) electrons. The molecule has 0 spiro atoms. The van der Waals surface area contributed by atoms with Crippen LogP contribution in [0.3, 0.4) is 0 Å². The molecule has 5 rings (SSSR count). The van der Waals surface area contributed by atoms with Crippen molar-refractivity contribution in [3.8, 4) is 11.1 Å². The first kappa shape index (κ1) is 18.0. The molecule has 2 heterocycles. The Morgan fingerprint density at radius 3 is 2.38 bits per heavy atom. The zero-order valence-electron chi connectivity index (χ0n) is 16.0. The maximum atomic E-state index is 12.9. The summed E-state index contributed by atoms with van der Waals surface area (Å²) in [6, 6.07) is 23.8. The number of hydrogen-bond donors (Lipinski definition) is 1. The highest BCUT2D eigenvalue weighted by Crippen LogP contribution is 2.37. The van der Waals surface area contributed by atoms with Gasteiger partial charge in [-0.3, -0.25) is 4.79 Å². The molecule has 0 unspecified atom stereocenters. The highest BCUT2D eigenvalue weighted by Gasteiger charge is 2.23. The van der Waals surface area contributed by atoms with Gasteiger partial charge in [0.05, 0.1) is 0 Å². The van der Waals surface area contributed by atoms with E-state index in [0.717, 1.165) is 46.6 Å². The second-order valence-corrected chi connectivity index (χ2v) is 7.86. The quantitative estimate of drug-likeness (QED) is 0.458. The van der Waals surface area contributed by atoms with Crippen LogP contribution >= 0.6 is 11.6 Å². The summed E-state index contributed by atoms with van der Waals surface area (Å²) in [6.45, 7) is 1.43. The number of carbonyl (C=O) groups excluding carboxylic acids is 1. The Hall–Kier alpha value is -3.04. The van der Waals surface area contributed by atoms with Gasteiger partial charge < -0.3 is 9.88 Å². The molecular formula is C25H21ClN2O. The molecule has 29 heavy (non-hydrogen) atoms. The van der Waals surface area contributed by atoms with E-state index in [4.69, 9.17) is 11.6 Å². The minimum atomic E-state index is 0.103. The van der Waals surface area contributed by atoms with Crippen LogP contribution in [0.1, 0.15) is 21.6 Å². The second-order valence-electron chi connectivity index (χ2n) is 7.45. The molecule has 0 aliphatic carbocycles. The summed E-state index contributed by atoms with van der Waals surface area (Å²) in [5, 5.41) is 1.98. The maximum absolute atomic E-state index is 12.9. The van der Waals surface area contributed by atoms with E-state index in [1.807, 2.05) is 53.4 Å². The number of aromatic amines is 1. The Morgan fingerprint density at radius 1 is 0.828 bits per heavy atom. The molecule has 0 saturated heterocycles. The van der Waals surface area contributed by atoms with E-state index in [-0.39, 0.29) is 5.91 Å². The van der Waals surface area contributed by atoms with Gasteiger partial charge in [-0.05, 0) is 41.8 Å². The Bertz CT molecular complexity index is 1200. The van der Waals surface area contributed by atoms with Crippen molar-refractivity contribution in [2.24, 2.45) is 0 Å². The van der Waals surface area contributed by atoms with Gasteiger partial charge in [-0.25, -0.2) is 0 Å². The molecule has 1 aliphatic heterocycles. The van der Waals surface area contributed by atoms with E-state index in [1.165, 1.54) is 16.6 Å². The van der Waals surface area contributed by atoms with Crippen molar-refractivity contribution < 1.29 is 4.79 Å². The zero-order chi connectivity index (χ0) is 19.8. The smallest absolute Gasteiger partial charge is 0.253 e. The van der Waals surface area contributed by atoms with Crippen molar-refractivity contribution in [3.63, 3.8) is 0 Å². The van der Waals surface area contributed by atoms with Crippen LogP contribution in [0, 0.1) is 0 Å². The van der Waals surface area contributed by atoms with Crippen LogP contribution in [0.15, 0.2) is 72.8 Å². The SMILES string of the molecule is O=C(c1ccccc1)N1CCc2[nH]c3cccc(-c4ccccc4Cl)c3c2CC1. The number of benzene rings is 3. The summed E-state index contributed by atoms with van der Waals surface area (Å²) in [5.74, 6) is 0.103. The largest absolute Gasteiger partial charge is 0.358 e. The van der Waals surface area contributed by atoms with Gasteiger partial charge in [0, 0.05) is 52.3 Å². The van der Waals surface area contributed by atoms with E-state index < -0.39 is 0 Å². The number of aromatic nitrogens is 1. The number of fused-ring (bicyclic) bond motifs is 3. The summed E-state index contributed by atoms with van der Waals surface area (Å²) >= 11 is 6.51. The minimum absolute atomic E-state index is 0.103. The van der Waals surface area contributed by atoms with Gasteiger partial charge in [-0.15, -0.1) is 0 Å². The highest BCUT2D eigenvalue weighted by molar-refractivity contribution is 6.33. The summed E-state index contributed by atoms with van der Waals surface area (Å²) < 4.78 is 0. The third kappa shape index (κ3) is 3.22. The van der Waals surface area contributed by atoms with Crippen molar-refractivity contribution in [1.29, 1.82) is 0 Å². The number of halogens is 1. The average Bonchev–Trinajstić information content (AvgIpc) is 2.99. The molecule has 0 fully saturated rings. The molecule has 4 heteroatoms. The molecular weight excluding hydrogens is 380 g/mol. The molecule has 1 aromatic heterocycles. The Morgan fingerprint density at radius 2 is 1.55 bits per heavy atom. The third-order valence-corrected chi connectivity index (χ3v) is 6.08. The first-order valence-corrected chi connectivity index (χ1v) is 10.3. The number of amides is 1. The Kier molecular flexibility index (Phi) is 4.61. The number of rotatable bonds is 2. The first-order chi connectivity index (χ1) is 14.2. The fourth-order valence-corrected chi connectivity index (χ4v) is 4.57. The van der Waals surface area contributed by atoms with E-state index in [0.29, 0.717) is 6.54 Å². The van der Waals surface area contributed by atoms with Gasteiger partial charge in [0.1, 0.15) is 0 Å². The van der Waals surface area contributed by atoms with Crippen molar-refractivity contribution in [3.05, 3.63) is 94.6 Å². The fraction of sp³-hybridized carbons (Fsp3) is 0.160. The monoisotopic (exact) mass is 400 g/mol. The molecule has 4 aromatic rings. The molecule has 1 aliphatic rings. The van der Waals surface area contributed by atoms with Gasteiger partial charge in [-0.2, -0.15) is 0 Å². The van der Waals surface area contributed by atoms with Gasteiger partial charge >= 0.3 is 0 Å². The fourth-order valence-electron chi connectivity index (χ4n) is 4.34. The molecule has 1 N–H and O–H groups in total. The van der Waals surface area contributed by atoms with Crippen LogP contribution in [0.2, 0.25) is 5.02 Å². The van der Waals surface area contributed by atoms with E-state index >= 15 is 0 Å². The lowest BCUT2D eigenvalue weighted by atomic mass is 9.97. The zero-order valence-corrected chi connectivity index (χ0v) is 16.7. The molecule has 0 bridgehead atoms. The number of carbonyl (C=O) groups is 1. The Balaban J connectivity index is 1.53. The molecule has 3 nitrogen and oxygen atoms in total. The maximum Gasteiger partial charge on any atom is 0.253 e. The predicted octanol–water partition coefficient (Wildman–Crippen LogP) is 5.73. The summed E-state index contributed by atoms with van der Waals surface area (Å²) in [5.41, 5.74) is 6.60. The average molecular weight is 401 g/mol. The Labute approximate surface area is 174 Å². The van der Waals surface area contributed by atoms with Crippen LogP contribution in [-0.4, -0.2) is 28.9 Å². The van der Waals surface area contributed by atoms with Crippen molar-refractivity contribution in [2.45, 2.75) is 12.8 Å². The summed E-state index contributed by atoms with van der Waals surface area (Å²) in [6.07, 6.45) is 1.65. The minimum Gasteiger partial charge on any atom is -0.358 e. The summed E-state index contributed by atoms with van der Waals surface area (Å²) in [7, 11) is 0. The predicted molar refractivity (Wildman–Crippen MR) is 118 cm³/mol. The van der Waals surface area contributed by atoms with Gasteiger partial charge in [-0.1, -0.05) is 60.1 Å². The van der Waals surface area contributed by atoms with Crippen molar-refractivity contribution >= 4 is 28.4 Å². The number of nitrogens with zero attached hydrogens (tertiary/aromatic N) is 1. The second kappa shape index (κ2) is 7.41. The normalized spacial score (nSPS) is 13.9. The highest BCUT2D eigenvalue weighted by atomic mass is 35.5. The first-order valence-electron chi connectivity index (χ1n) is 9.94. The molecule has 144 valence electrons. The van der Waals surface area contributed by atoms with Gasteiger partial charge in [0.15, 0.2) is 0 Å². The van der Waals surface area contributed by atoms with Crippen molar-refractivity contribution in [2.75, 3.05) is 13.1 Å². The molecule has 3 aromatic carbocycles. The van der Waals surface area contributed by atoms with Gasteiger partial charge in [0.25, 0.3) is 5.91 Å². The van der Waals surface area contributed by atoms with Crippen LogP contribution < -0.4 is 0 Å². The number of hydrogen-bond acceptors (Lipinski definition) is 1. The lowest BCUT2D eigenvalue weighted by Crippen LogP contribution is -2.33. The standard InChI is InChI=1S/C25H21ClN2O/c26-21-11-5-4-9-18(21)19-10-6-12-23-24(19)20-13-15-28(16-14-22(20)27-23)25(29)17-7-2-1-3-8-17/h1-12,27H,13-16H2. The topological polar surface area (TPSA) is 36.1 Å².